The number of hydrogen-bond donors (Lipinski definition) is 1. The van der Waals surface area contributed by atoms with Crippen LogP contribution in [0.5, 0.6) is 0 Å². The van der Waals surface area contributed by atoms with E-state index in [2.05, 4.69) is 12.2 Å². The summed E-state index contributed by atoms with van der Waals surface area (Å²) in [5.74, 6) is 0.618. The summed E-state index contributed by atoms with van der Waals surface area (Å²) in [7, 11) is 0. The summed E-state index contributed by atoms with van der Waals surface area (Å²) >= 11 is 0. The van der Waals surface area contributed by atoms with Gasteiger partial charge >= 0.3 is 0 Å². The molecule has 1 aromatic carbocycles. The lowest BCUT2D eigenvalue weighted by Crippen LogP contribution is -2.36. The quantitative estimate of drug-likeness (QED) is 0.883. The summed E-state index contributed by atoms with van der Waals surface area (Å²) < 4.78 is 30.5. The Balaban J connectivity index is 1.85. The van der Waals surface area contributed by atoms with E-state index in [-0.39, 0.29) is 5.56 Å². The van der Waals surface area contributed by atoms with Crippen LogP contribution in [0.3, 0.4) is 0 Å². The highest BCUT2D eigenvalue weighted by atomic mass is 19.3. The normalized spacial score (nSPS) is 18.7. The Morgan fingerprint density at radius 3 is 2.74 bits per heavy atom. The molecule has 2 nitrogen and oxygen atoms in total. The molecule has 1 saturated heterocycles. The van der Waals surface area contributed by atoms with Gasteiger partial charge in [-0.2, -0.15) is 0 Å². The van der Waals surface area contributed by atoms with Crippen LogP contribution in [0.1, 0.15) is 37.3 Å². The molecule has 1 aromatic rings. The molecule has 0 saturated carbocycles. The van der Waals surface area contributed by atoms with Gasteiger partial charge in [0.15, 0.2) is 0 Å². The summed E-state index contributed by atoms with van der Waals surface area (Å²) in [5, 5.41) is 3.43. The molecule has 4 heteroatoms. The van der Waals surface area contributed by atoms with Crippen LogP contribution >= 0.6 is 0 Å². The number of nitrogens with one attached hydrogen (secondary N) is 1. The first-order valence-electron chi connectivity index (χ1n) is 6.85. The minimum absolute atomic E-state index is 0.0954. The van der Waals surface area contributed by atoms with Crippen molar-refractivity contribution in [3.8, 4) is 0 Å². The summed E-state index contributed by atoms with van der Waals surface area (Å²) in [6.07, 6.45) is -0.246. The maximum absolute atomic E-state index is 12.6. The van der Waals surface area contributed by atoms with E-state index in [1.165, 1.54) is 6.07 Å². The zero-order valence-electron chi connectivity index (χ0n) is 11.2. The zero-order chi connectivity index (χ0) is 13.7. The van der Waals surface area contributed by atoms with Crippen LogP contribution in [0.4, 0.5) is 8.78 Å². The van der Waals surface area contributed by atoms with Gasteiger partial charge < -0.3 is 10.1 Å². The zero-order valence-corrected chi connectivity index (χ0v) is 11.2. The van der Waals surface area contributed by atoms with Crippen molar-refractivity contribution in [2.24, 2.45) is 5.92 Å². The van der Waals surface area contributed by atoms with E-state index in [1.54, 1.807) is 12.1 Å². The third kappa shape index (κ3) is 4.25. The summed E-state index contributed by atoms with van der Waals surface area (Å²) in [6, 6.07) is 7.01. The Hall–Kier alpha value is -1.00. The molecule has 106 valence electrons. The number of alkyl halides is 2. The summed E-state index contributed by atoms with van der Waals surface area (Å²) in [6.45, 7) is 4.46. The van der Waals surface area contributed by atoms with Crippen LogP contribution in [-0.2, 0) is 11.3 Å². The number of hydrogen-bond acceptors (Lipinski definition) is 2. The third-order valence-electron chi connectivity index (χ3n) is 3.80. The van der Waals surface area contributed by atoms with Crippen molar-refractivity contribution in [1.82, 2.24) is 5.32 Å². The lowest BCUT2D eigenvalue weighted by Gasteiger charge is -2.28. The Labute approximate surface area is 113 Å². The molecule has 0 spiro atoms. The van der Waals surface area contributed by atoms with Gasteiger partial charge in [0.25, 0.3) is 6.43 Å². The van der Waals surface area contributed by atoms with E-state index >= 15 is 0 Å². The van der Waals surface area contributed by atoms with Crippen LogP contribution in [-0.4, -0.2) is 19.3 Å². The Bertz CT molecular complexity index is 391. The number of halogens is 2. The third-order valence-corrected chi connectivity index (χ3v) is 3.80. The van der Waals surface area contributed by atoms with Crippen LogP contribution in [0, 0.1) is 5.92 Å². The molecule has 1 aliphatic heterocycles. The van der Waals surface area contributed by atoms with E-state index in [0.717, 1.165) is 31.6 Å². The molecule has 1 N–H and O–H groups in total. The Kier molecular flexibility index (Phi) is 5.28. The van der Waals surface area contributed by atoms with Gasteiger partial charge in [-0.15, -0.1) is 0 Å². The van der Waals surface area contributed by atoms with E-state index in [4.69, 9.17) is 4.74 Å². The van der Waals surface area contributed by atoms with E-state index in [1.807, 2.05) is 6.07 Å². The highest BCUT2D eigenvalue weighted by Gasteiger charge is 2.19. The molecule has 19 heavy (non-hydrogen) atoms. The van der Waals surface area contributed by atoms with Crippen molar-refractivity contribution in [2.45, 2.75) is 38.8 Å². The van der Waals surface area contributed by atoms with Crippen LogP contribution in [0.25, 0.3) is 0 Å². The van der Waals surface area contributed by atoms with Crippen LogP contribution in [0.15, 0.2) is 24.3 Å². The maximum Gasteiger partial charge on any atom is 0.263 e. The van der Waals surface area contributed by atoms with E-state index < -0.39 is 6.43 Å². The molecule has 2 rings (SSSR count). The van der Waals surface area contributed by atoms with Crippen molar-refractivity contribution >= 4 is 0 Å². The Morgan fingerprint density at radius 1 is 1.32 bits per heavy atom. The van der Waals surface area contributed by atoms with Crippen molar-refractivity contribution in [3.05, 3.63) is 35.4 Å². The minimum Gasteiger partial charge on any atom is -0.381 e. The maximum atomic E-state index is 12.6. The predicted octanol–water partition coefficient (Wildman–Crippen LogP) is 3.53. The van der Waals surface area contributed by atoms with Gasteiger partial charge in [-0.1, -0.05) is 18.2 Å². The van der Waals surface area contributed by atoms with E-state index in [9.17, 15) is 8.78 Å². The lowest BCUT2D eigenvalue weighted by molar-refractivity contribution is 0.0558. The standard InChI is InChI=1S/C15H21F2NO/c1-11(13-5-7-19-8-6-13)18-10-12-3-2-4-14(9-12)15(16)17/h2-4,9,11,13,15,18H,5-8,10H2,1H3. The molecule has 0 aliphatic carbocycles. The minimum atomic E-state index is -2.40. The first-order valence-corrected chi connectivity index (χ1v) is 6.85. The van der Waals surface area contributed by atoms with Gasteiger partial charge in [0, 0.05) is 31.4 Å². The largest absolute Gasteiger partial charge is 0.381 e. The van der Waals surface area contributed by atoms with Gasteiger partial charge in [-0.05, 0) is 37.3 Å². The fourth-order valence-electron chi connectivity index (χ4n) is 2.50. The molecule has 0 bridgehead atoms. The molecule has 1 atom stereocenters. The van der Waals surface area contributed by atoms with Crippen molar-refractivity contribution in [1.29, 1.82) is 0 Å². The molecule has 0 amide bonds. The average molecular weight is 269 g/mol. The molecule has 0 aromatic heterocycles. The van der Waals surface area contributed by atoms with E-state index in [0.29, 0.717) is 18.5 Å². The monoisotopic (exact) mass is 269 g/mol. The topological polar surface area (TPSA) is 21.3 Å². The second kappa shape index (κ2) is 6.96. The highest BCUT2D eigenvalue weighted by molar-refractivity contribution is 5.24. The van der Waals surface area contributed by atoms with Crippen molar-refractivity contribution in [3.63, 3.8) is 0 Å². The fourth-order valence-corrected chi connectivity index (χ4v) is 2.50. The van der Waals surface area contributed by atoms with Crippen LogP contribution in [0.2, 0.25) is 0 Å². The van der Waals surface area contributed by atoms with Crippen LogP contribution < -0.4 is 5.32 Å². The average Bonchev–Trinajstić information content (AvgIpc) is 2.46. The molecular formula is C15H21F2NO. The first-order chi connectivity index (χ1) is 9.16. The van der Waals surface area contributed by atoms with Gasteiger partial charge in [0.05, 0.1) is 0 Å². The summed E-state index contributed by atoms with van der Waals surface area (Å²) in [4.78, 5) is 0. The molecular weight excluding hydrogens is 248 g/mol. The SMILES string of the molecule is CC(NCc1cccc(C(F)F)c1)C1CCOCC1. The molecule has 1 unspecified atom stereocenters. The number of benzene rings is 1. The Morgan fingerprint density at radius 2 is 2.05 bits per heavy atom. The van der Waals surface area contributed by atoms with Gasteiger partial charge in [-0.3, -0.25) is 0 Å². The summed E-state index contributed by atoms with van der Waals surface area (Å²) in [5.41, 5.74) is 1.01. The molecule has 1 heterocycles. The fraction of sp³-hybridized carbons (Fsp3) is 0.600. The van der Waals surface area contributed by atoms with Crippen molar-refractivity contribution < 1.29 is 13.5 Å². The second-order valence-electron chi connectivity index (χ2n) is 5.17. The lowest BCUT2D eigenvalue weighted by atomic mass is 9.93. The molecule has 1 fully saturated rings. The van der Waals surface area contributed by atoms with Gasteiger partial charge in [-0.25, -0.2) is 8.78 Å². The second-order valence-corrected chi connectivity index (χ2v) is 5.17. The molecule has 1 aliphatic rings. The predicted molar refractivity (Wildman–Crippen MR) is 71.2 cm³/mol. The first kappa shape index (κ1) is 14.4. The smallest absolute Gasteiger partial charge is 0.263 e. The van der Waals surface area contributed by atoms with Gasteiger partial charge in [0.1, 0.15) is 0 Å². The number of ether oxygens (including phenoxy) is 1. The van der Waals surface area contributed by atoms with Crippen molar-refractivity contribution in [2.75, 3.05) is 13.2 Å². The highest BCUT2D eigenvalue weighted by Crippen LogP contribution is 2.21. The number of rotatable bonds is 5. The van der Waals surface area contributed by atoms with Gasteiger partial charge in [0.2, 0.25) is 0 Å². The molecule has 0 radical (unpaired) electrons.